The van der Waals surface area contributed by atoms with Gasteiger partial charge in [-0.15, -0.1) is 11.3 Å². The number of hydrogen-bond acceptors (Lipinski definition) is 4. The number of benzene rings is 1. The molecule has 0 unspecified atom stereocenters. The summed E-state index contributed by atoms with van der Waals surface area (Å²) in [5.74, 6) is 0.0441. The van der Waals surface area contributed by atoms with Crippen LogP contribution in [0, 0.1) is 0 Å². The summed E-state index contributed by atoms with van der Waals surface area (Å²) >= 11 is 1.38. The number of nitrogens with zero attached hydrogens (tertiary/aromatic N) is 2. The van der Waals surface area contributed by atoms with E-state index < -0.39 is 0 Å². The zero-order valence-corrected chi connectivity index (χ0v) is 17.3. The number of amides is 3. The molecule has 1 N–H and O–H groups in total. The number of aryl methyl sites for hydroxylation is 1. The number of carbonyl (C=O) groups is 3. The Hall–Kier alpha value is -2.67. The van der Waals surface area contributed by atoms with Gasteiger partial charge in [0, 0.05) is 45.6 Å². The largest absolute Gasteiger partial charge is 0.351 e. The summed E-state index contributed by atoms with van der Waals surface area (Å²) in [4.78, 5) is 40.9. The van der Waals surface area contributed by atoms with Crippen LogP contribution in [0.5, 0.6) is 0 Å². The van der Waals surface area contributed by atoms with Crippen molar-refractivity contribution >= 4 is 29.1 Å². The van der Waals surface area contributed by atoms with Crippen LogP contribution in [0.1, 0.15) is 34.5 Å². The third kappa shape index (κ3) is 6.42. The number of piperazine rings is 1. The molecule has 0 bridgehead atoms. The third-order valence-corrected chi connectivity index (χ3v) is 5.92. The van der Waals surface area contributed by atoms with Crippen molar-refractivity contribution in [1.82, 2.24) is 15.1 Å². The molecule has 0 aliphatic carbocycles. The maximum Gasteiger partial charge on any atom is 0.261 e. The van der Waals surface area contributed by atoms with Crippen molar-refractivity contribution in [3.63, 3.8) is 0 Å². The van der Waals surface area contributed by atoms with Gasteiger partial charge in [0.05, 0.1) is 4.88 Å². The van der Waals surface area contributed by atoms with E-state index in [4.69, 9.17) is 0 Å². The highest BCUT2D eigenvalue weighted by atomic mass is 32.1. The van der Waals surface area contributed by atoms with E-state index >= 15 is 0 Å². The first-order valence-electron chi connectivity index (χ1n) is 10.0. The minimum Gasteiger partial charge on any atom is -0.351 e. The average Bonchev–Trinajstić information content (AvgIpc) is 3.29. The number of carbonyl (C=O) groups excluding carboxylic acids is 3. The molecule has 2 heterocycles. The Kier molecular flexibility index (Phi) is 7.81. The van der Waals surface area contributed by atoms with E-state index in [1.807, 2.05) is 34.5 Å². The van der Waals surface area contributed by atoms with Gasteiger partial charge in [0.15, 0.2) is 0 Å². The summed E-state index contributed by atoms with van der Waals surface area (Å²) in [6.45, 7) is 2.60. The molecule has 1 saturated heterocycles. The van der Waals surface area contributed by atoms with E-state index in [9.17, 15) is 14.4 Å². The Balaban J connectivity index is 1.31. The van der Waals surface area contributed by atoms with E-state index in [1.54, 1.807) is 11.0 Å². The summed E-state index contributed by atoms with van der Waals surface area (Å²) < 4.78 is 0. The summed E-state index contributed by atoms with van der Waals surface area (Å²) in [7, 11) is 0. The molecule has 0 saturated carbocycles. The molecule has 0 radical (unpaired) electrons. The third-order valence-electron chi connectivity index (χ3n) is 5.05. The molecule has 3 rings (SSSR count). The molecule has 29 heavy (non-hydrogen) atoms. The molecule has 7 heteroatoms. The highest BCUT2D eigenvalue weighted by molar-refractivity contribution is 7.12. The predicted octanol–water partition coefficient (Wildman–Crippen LogP) is 2.56. The fourth-order valence-electron chi connectivity index (χ4n) is 3.39. The number of nitrogens with one attached hydrogen (secondary N) is 1. The maximum atomic E-state index is 12.4. The van der Waals surface area contributed by atoms with Crippen molar-refractivity contribution in [1.29, 1.82) is 0 Å². The molecule has 1 aromatic carbocycles. The van der Waals surface area contributed by atoms with Gasteiger partial charge in [-0.25, -0.2) is 0 Å². The van der Waals surface area contributed by atoms with Gasteiger partial charge in [-0.2, -0.15) is 0 Å². The van der Waals surface area contributed by atoms with Gasteiger partial charge in [-0.1, -0.05) is 36.4 Å². The number of rotatable bonds is 8. The molecule has 154 valence electrons. The first-order valence-corrected chi connectivity index (χ1v) is 10.9. The van der Waals surface area contributed by atoms with E-state index in [0.717, 1.165) is 12.8 Å². The van der Waals surface area contributed by atoms with E-state index in [-0.39, 0.29) is 24.1 Å². The van der Waals surface area contributed by atoms with Crippen LogP contribution < -0.4 is 5.32 Å². The van der Waals surface area contributed by atoms with Gasteiger partial charge in [0.25, 0.3) is 5.91 Å². The van der Waals surface area contributed by atoms with E-state index in [1.165, 1.54) is 16.9 Å². The van der Waals surface area contributed by atoms with Crippen LogP contribution in [0.2, 0.25) is 0 Å². The van der Waals surface area contributed by atoms with Crippen molar-refractivity contribution in [3.8, 4) is 0 Å². The standard InChI is InChI=1S/C22H27N3O3S/c26-20(10-4-8-18-6-2-1-3-7-18)24-13-15-25(16-14-24)21(27)11-12-23-22(28)19-9-5-17-29-19/h1-3,5-7,9,17H,4,8,10-16H2,(H,23,28). The van der Waals surface area contributed by atoms with Crippen molar-refractivity contribution in [2.24, 2.45) is 0 Å². The average molecular weight is 414 g/mol. The fraction of sp³-hybridized carbons (Fsp3) is 0.409. The zero-order valence-electron chi connectivity index (χ0n) is 16.5. The Morgan fingerprint density at radius 2 is 1.52 bits per heavy atom. The highest BCUT2D eigenvalue weighted by Gasteiger charge is 2.23. The summed E-state index contributed by atoms with van der Waals surface area (Å²) in [5, 5.41) is 4.63. The van der Waals surface area contributed by atoms with Gasteiger partial charge >= 0.3 is 0 Å². The van der Waals surface area contributed by atoms with Crippen LogP contribution in [0.15, 0.2) is 47.8 Å². The molecular weight excluding hydrogens is 386 g/mol. The lowest BCUT2D eigenvalue weighted by Gasteiger charge is -2.35. The second-order valence-corrected chi connectivity index (χ2v) is 8.03. The lowest BCUT2D eigenvalue weighted by Crippen LogP contribution is -2.51. The monoisotopic (exact) mass is 413 g/mol. The first kappa shape index (κ1) is 21.0. The Morgan fingerprint density at radius 1 is 0.862 bits per heavy atom. The quantitative estimate of drug-likeness (QED) is 0.723. The second kappa shape index (κ2) is 10.8. The van der Waals surface area contributed by atoms with Crippen LogP contribution in [-0.2, 0) is 16.0 Å². The summed E-state index contributed by atoms with van der Waals surface area (Å²) in [5.41, 5.74) is 1.25. The topological polar surface area (TPSA) is 69.7 Å². The maximum absolute atomic E-state index is 12.4. The SMILES string of the molecule is O=C(NCCC(=O)N1CCN(C(=O)CCCc2ccccc2)CC1)c1cccs1. The van der Waals surface area contributed by atoms with Crippen LogP contribution >= 0.6 is 11.3 Å². The molecular formula is C22H27N3O3S. The molecule has 2 aromatic rings. The highest BCUT2D eigenvalue weighted by Crippen LogP contribution is 2.10. The van der Waals surface area contributed by atoms with Crippen molar-refractivity contribution < 1.29 is 14.4 Å². The minimum absolute atomic E-state index is 0.0210. The smallest absolute Gasteiger partial charge is 0.261 e. The zero-order chi connectivity index (χ0) is 20.5. The molecule has 3 amide bonds. The van der Waals surface area contributed by atoms with Crippen LogP contribution in [0.25, 0.3) is 0 Å². The lowest BCUT2D eigenvalue weighted by atomic mass is 10.1. The molecule has 1 aliphatic heterocycles. The molecule has 1 aliphatic rings. The summed E-state index contributed by atoms with van der Waals surface area (Å²) in [6.07, 6.45) is 2.56. The molecule has 1 fully saturated rings. The predicted molar refractivity (Wildman–Crippen MR) is 114 cm³/mol. The Labute approximate surface area is 175 Å². The Morgan fingerprint density at radius 3 is 2.14 bits per heavy atom. The lowest BCUT2D eigenvalue weighted by molar-refractivity contribution is -0.139. The first-order chi connectivity index (χ1) is 14.1. The number of thiophene rings is 1. The van der Waals surface area contributed by atoms with Crippen molar-refractivity contribution in [3.05, 3.63) is 58.3 Å². The van der Waals surface area contributed by atoms with Gasteiger partial charge in [-0.05, 0) is 29.9 Å². The van der Waals surface area contributed by atoms with Gasteiger partial charge in [0.1, 0.15) is 0 Å². The summed E-state index contributed by atoms with van der Waals surface area (Å²) in [6, 6.07) is 13.8. The minimum atomic E-state index is -0.140. The van der Waals surface area contributed by atoms with Gasteiger partial charge < -0.3 is 15.1 Å². The van der Waals surface area contributed by atoms with Gasteiger partial charge in [0.2, 0.25) is 11.8 Å². The molecule has 1 aromatic heterocycles. The van der Waals surface area contributed by atoms with Gasteiger partial charge in [-0.3, -0.25) is 14.4 Å². The van der Waals surface area contributed by atoms with Crippen LogP contribution in [0.3, 0.4) is 0 Å². The fourth-order valence-corrected chi connectivity index (χ4v) is 4.03. The number of hydrogen-bond donors (Lipinski definition) is 1. The van der Waals surface area contributed by atoms with Crippen molar-refractivity contribution in [2.45, 2.75) is 25.7 Å². The van der Waals surface area contributed by atoms with E-state index in [2.05, 4.69) is 17.4 Å². The van der Waals surface area contributed by atoms with E-state index in [0.29, 0.717) is 44.0 Å². The van der Waals surface area contributed by atoms with Crippen LogP contribution in [0.4, 0.5) is 0 Å². The second-order valence-electron chi connectivity index (χ2n) is 7.08. The Bertz CT molecular complexity index is 800. The molecule has 6 nitrogen and oxygen atoms in total. The van der Waals surface area contributed by atoms with Crippen LogP contribution in [-0.4, -0.2) is 60.2 Å². The van der Waals surface area contributed by atoms with Crippen molar-refractivity contribution in [2.75, 3.05) is 32.7 Å². The molecule has 0 atom stereocenters. The molecule has 0 spiro atoms. The normalized spacial score (nSPS) is 13.9.